The highest BCUT2D eigenvalue weighted by atomic mass is 16.5. The van der Waals surface area contributed by atoms with Gasteiger partial charge in [-0.2, -0.15) is 0 Å². The summed E-state index contributed by atoms with van der Waals surface area (Å²) in [6, 6.07) is 5.49. The predicted octanol–water partition coefficient (Wildman–Crippen LogP) is 2.91. The molecule has 0 unspecified atom stereocenters. The molecule has 0 atom stereocenters. The van der Waals surface area contributed by atoms with Gasteiger partial charge in [0.1, 0.15) is 16.9 Å². The summed E-state index contributed by atoms with van der Waals surface area (Å²) in [5, 5.41) is 20.2. The van der Waals surface area contributed by atoms with E-state index < -0.39 is 5.43 Å². The first kappa shape index (κ1) is 18.2. The van der Waals surface area contributed by atoms with Crippen LogP contribution < -0.4 is 24.4 Å². The molecule has 8 nitrogen and oxygen atoms in total. The molecule has 3 rings (SSSR count). The molecular weight excluding hydrogens is 356 g/mol. The summed E-state index contributed by atoms with van der Waals surface area (Å²) >= 11 is 0. The maximum absolute atomic E-state index is 12.6. The summed E-state index contributed by atoms with van der Waals surface area (Å²) in [7, 11) is 5.58. The zero-order chi connectivity index (χ0) is 19.7. The number of rotatable bonds is 5. The molecule has 2 N–H and O–H groups in total. The Kier molecular flexibility index (Phi) is 4.72. The highest BCUT2D eigenvalue weighted by molar-refractivity contribution is 5.91. The molecule has 3 aromatic rings. The van der Waals surface area contributed by atoms with Crippen molar-refractivity contribution in [3.8, 4) is 45.8 Å². The van der Waals surface area contributed by atoms with Crippen LogP contribution in [0.15, 0.2) is 33.5 Å². The van der Waals surface area contributed by atoms with Crippen LogP contribution in [-0.4, -0.2) is 38.7 Å². The second-order valence-electron chi connectivity index (χ2n) is 5.54. The van der Waals surface area contributed by atoms with E-state index in [1.807, 2.05) is 0 Å². The van der Waals surface area contributed by atoms with Gasteiger partial charge >= 0.3 is 0 Å². The maximum atomic E-state index is 12.6. The Balaban J connectivity index is 2.36. The third kappa shape index (κ3) is 2.95. The summed E-state index contributed by atoms with van der Waals surface area (Å²) in [5.41, 5.74) is -0.0246. The van der Waals surface area contributed by atoms with Gasteiger partial charge in [0.15, 0.2) is 28.3 Å². The SMILES string of the molecule is COc1cc(-c2cc(=O)c3c(O)cc(OC)c(OC)c3o2)cc(OC)c1O. The van der Waals surface area contributed by atoms with Crippen molar-refractivity contribution in [3.05, 3.63) is 34.5 Å². The molecule has 0 radical (unpaired) electrons. The smallest absolute Gasteiger partial charge is 0.205 e. The van der Waals surface area contributed by atoms with E-state index in [2.05, 4.69) is 0 Å². The van der Waals surface area contributed by atoms with Gasteiger partial charge in [0.05, 0.1) is 28.4 Å². The molecule has 2 aromatic carbocycles. The van der Waals surface area contributed by atoms with Crippen LogP contribution >= 0.6 is 0 Å². The van der Waals surface area contributed by atoms with Crippen molar-refractivity contribution in [1.82, 2.24) is 0 Å². The molecule has 0 aliphatic heterocycles. The molecule has 27 heavy (non-hydrogen) atoms. The van der Waals surface area contributed by atoms with Gasteiger partial charge in [-0.1, -0.05) is 0 Å². The molecule has 1 aromatic heterocycles. The molecule has 0 aliphatic carbocycles. The fraction of sp³-hybridized carbons (Fsp3) is 0.211. The van der Waals surface area contributed by atoms with Gasteiger partial charge in [-0.15, -0.1) is 0 Å². The van der Waals surface area contributed by atoms with Crippen LogP contribution in [0, 0.1) is 0 Å². The second-order valence-corrected chi connectivity index (χ2v) is 5.54. The Morgan fingerprint density at radius 1 is 0.815 bits per heavy atom. The summed E-state index contributed by atoms with van der Waals surface area (Å²) in [4.78, 5) is 12.6. The number of methoxy groups -OCH3 is 4. The van der Waals surface area contributed by atoms with Crippen LogP contribution in [0.25, 0.3) is 22.3 Å². The van der Waals surface area contributed by atoms with Crippen molar-refractivity contribution in [3.63, 3.8) is 0 Å². The van der Waals surface area contributed by atoms with Gasteiger partial charge < -0.3 is 33.6 Å². The zero-order valence-electron chi connectivity index (χ0n) is 15.2. The zero-order valence-corrected chi connectivity index (χ0v) is 15.2. The quantitative estimate of drug-likeness (QED) is 0.702. The molecule has 0 amide bonds. The lowest BCUT2D eigenvalue weighted by Gasteiger charge is -2.13. The van der Waals surface area contributed by atoms with E-state index in [9.17, 15) is 15.0 Å². The van der Waals surface area contributed by atoms with Crippen LogP contribution in [0.3, 0.4) is 0 Å². The molecule has 8 heteroatoms. The fourth-order valence-electron chi connectivity index (χ4n) is 2.79. The summed E-state index contributed by atoms with van der Waals surface area (Å²) in [5.74, 6) is 0.369. The van der Waals surface area contributed by atoms with Crippen molar-refractivity contribution in [2.45, 2.75) is 0 Å². The van der Waals surface area contributed by atoms with Crippen LogP contribution in [0.4, 0.5) is 0 Å². The molecule has 0 saturated heterocycles. The monoisotopic (exact) mass is 374 g/mol. The number of phenols is 2. The first-order chi connectivity index (χ1) is 12.9. The van der Waals surface area contributed by atoms with Crippen molar-refractivity contribution >= 4 is 11.0 Å². The Labute approximate surface area is 154 Å². The standard InChI is InChI=1S/C19H18O8/c1-23-13-5-9(6-14(24-2)17(13)22)12-7-10(20)16-11(21)8-15(25-3)18(26-4)19(16)27-12/h5-8,21-22H,1-4H3. The van der Waals surface area contributed by atoms with Gasteiger partial charge in [-0.3, -0.25) is 4.79 Å². The van der Waals surface area contributed by atoms with Crippen molar-refractivity contribution < 1.29 is 33.6 Å². The summed E-state index contributed by atoms with van der Waals surface area (Å²) < 4.78 is 26.6. The van der Waals surface area contributed by atoms with E-state index in [0.717, 1.165) is 0 Å². The Bertz CT molecular complexity index is 1040. The highest BCUT2D eigenvalue weighted by Gasteiger charge is 2.21. The largest absolute Gasteiger partial charge is 0.507 e. The van der Waals surface area contributed by atoms with Crippen LogP contribution in [0.1, 0.15) is 0 Å². The predicted molar refractivity (Wildman–Crippen MR) is 97.5 cm³/mol. The van der Waals surface area contributed by atoms with Gasteiger partial charge in [0, 0.05) is 17.7 Å². The fourth-order valence-corrected chi connectivity index (χ4v) is 2.79. The normalized spacial score (nSPS) is 10.7. The minimum atomic E-state index is -0.476. The highest BCUT2D eigenvalue weighted by Crippen LogP contribution is 2.43. The lowest BCUT2D eigenvalue weighted by atomic mass is 10.1. The third-order valence-electron chi connectivity index (χ3n) is 4.09. The molecule has 1 heterocycles. The molecule has 0 bridgehead atoms. The molecule has 0 fully saturated rings. The van der Waals surface area contributed by atoms with Crippen molar-refractivity contribution in [2.75, 3.05) is 28.4 Å². The first-order valence-corrected chi connectivity index (χ1v) is 7.82. The summed E-state index contributed by atoms with van der Waals surface area (Å²) in [6.45, 7) is 0. The van der Waals surface area contributed by atoms with E-state index >= 15 is 0 Å². The third-order valence-corrected chi connectivity index (χ3v) is 4.09. The lowest BCUT2D eigenvalue weighted by Crippen LogP contribution is -2.03. The van der Waals surface area contributed by atoms with E-state index in [-0.39, 0.29) is 51.2 Å². The number of ether oxygens (including phenoxy) is 4. The second kappa shape index (κ2) is 6.99. The van der Waals surface area contributed by atoms with Gasteiger partial charge in [0.25, 0.3) is 0 Å². The van der Waals surface area contributed by atoms with E-state index in [1.54, 1.807) is 0 Å². The van der Waals surface area contributed by atoms with Crippen LogP contribution in [0.5, 0.6) is 34.5 Å². The van der Waals surface area contributed by atoms with Gasteiger partial charge in [-0.25, -0.2) is 0 Å². The molecule has 0 saturated carbocycles. The number of fused-ring (bicyclic) bond motifs is 1. The Morgan fingerprint density at radius 2 is 1.41 bits per heavy atom. The first-order valence-electron chi connectivity index (χ1n) is 7.82. The Morgan fingerprint density at radius 3 is 1.93 bits per heavy atom. The molecule has 142 valence electrons. The molecule has 0 aliphatic rings. The van der Waals surface area contributed by atoms with Gasteiger partial charge in [0.2, 0.25) is 11.5 Å². The summed E-state index contributed by atoms with van der Waals surface area (Å²) in [6.07, 6.45) is 0. The number of phenolic OH excluding ortho intramolecular Hbond substituents is 2. The van der Waals surface area contributed by atoms with Gasteiger partial charge in [-0.05, 0) is 12.1 Å². The number of hydrogen-bond donors (Lipinski definition) is 2. The minimum Gasteiger partial charge on any atom is -0.507 e. The molecule has 0 spiro atoms. The average molecular weight is 374 g/mol. The maximum Gasteiger partial charge on any atom is 0.205 e. The minimum absolute atomic E-state index is 0.0304. The van der Waals surface area contributed by atoms with E-state index in [0.29, 0.717) is 5.56 Å². The van der Waals surface area contributed by atoms with Crippen molar-refractivity contribution in [1.29, 1.82) is 0 Å². The van der Waals surface area contributed by atoms with Crippen LogP contribution in [-0.2, 0) is 0 Å². The lowest BCUT2D eigenvalue weighted by molar-refractivity contribution is 0.340. The average Bonchev–Trinajstić information content (AvgIpc) is 2.67. The number of benzene rings is 2. The number of aromatic hydroxyl groups is 2. The van der Waals surface area contributed by atoms with Crippen LogP contribution in [0.2, 0.25) is 0 Å². The van der Waals surface area contributed by atoms with Crippen molar-refractivity contribution in [2.24, 2.45) is 0 Å². The van der Waals surface area contributed by atoms with E-state index in [4.69, 9.17) is 23.4 Å². The molecular formula is C19H18O8. The Hall–Kier alpha value is -3.55. The van der Waals surface area contributed by atoms with E-state index in [1.165, 1.54) is 52.7 Å². The number of hydrogen-bond acceptors (Lipinski definition) is 8. The topological polar surface area (TPSA) is 108 Å².